The number of piperidine rings is 1. The lowest BCUT2D eigenvalue weighted by molar-refractivity contribution is 0.102. The monoisotopic (exact) mass is 428 g/mol. The van der Waals surface area contributed by atoms with Crippen LogP contribution in [0.15, 0.2) is 48.8 Å². The lowest BCUT2D eigenvalue weighted by Gasteiger charge is -2.34. The minimum Gasteiger partial charge on any atom is -0.369 e. The SMILES string of the molecule is Cc1cc(C)cc(C(=O)Nc2cncc(-c3cc(C)cc(C)c3)c2N2CCC(N)CC2)c1. The molecular weight excluding hydrogens is 396 g/mol. The predicted octanol–water partition coefficient (Wildman–Crippen LogP) is 5.16. The van der Waals surface area contributed by atoms with Gasteiger partial charge in [-0.2, -0.15) is 0 Å². The van der Waals surface area contributed by atoms with Gasteiger partial charge in [0.15, 0.2) is 0 Å². The fourth-order valence-corrected chi connectivity index (χ4v) is 4.65. The number of rotatable bonds is 4. The smallest absolute Gasteiger partial charge is 0.255 e. The molecule has 5 heteroatoms. The van der Waals surface area contributed by atoms with Gasteiger partial charge >= 0.3 is 0 Å². The van der Waals surface area contributed by atoms with E-state index >= 15 is 0 Å². The number of hydrogen-bond donors (Lipinski definition) is 2. The van der Waals surface area contributed by atoms with Gasteiger partial charge < -0.3 is 16.0 Å². The van der Waals surface area contributed by atoms with Crippen molar-refractivity contribution in [2.75, 3.05) is 23.3 Å². The third kappa shape index (κ3) is 4.83. The van der Waals surface area contributed by atoms with Crippen molar-refractivity contribution in [2.45, 2.75) is 46.6 Å². The second-order valence-corrected chi connectivity index (χ2v) is 9.11. The highest BCUT2D eigenvalue weighted by atomic mass is 16.1. The zero-order chi connectivity index (χ0) is 22.8. The average Bonchev–Trinajstić information content (AvgIpc) is 2.73. The molecule has 0 radical (unpaired) electrons. The quantitative estimate of drug-likeness (QED) is 0.602. The van der Waals surface area contributed by atoms with E-state index in [9.17, 15) is 4.79 Å². The van der Waals surface area contributed by atoms with Crippen molar-refractivity contribution in [2.24, 2.45) is 5.73 Å². The lowest BCUT2D eigenvalue weighted by atomic mass is 9.97. The molecule has 0 atom stereocenters. The molecule has 2 heterocycles. The third-order valence-corrected chi connectivity index (χ3v) is 6.04. The number of amides is 1. The number of carbonyl (C=O) groups is 1. The highest BCUT2D eigenvalue weighted by molar-refractivity contribution is 6.07. The minimum absolute atomic E-state index is 0.119. The van der Waals surface area contributed by atoms with Gasteiger partial charge in [0.2, 0.25) is 0 Å². The van der Waals surface area contributed by atoms with Gasteiger partial charge in [-0.1, -0.05) is 46.5 Å². The number of nitrogens with two attached hydrogens (primary N) is 1. The molecule has 1 amide bonds. The maximum atomic E-state index is 13.2. The van der Waals surface area contributed by atoms with Crippen LogP contribution >= 0.6 is 0 Å². The maximum absolute atomic E-state index is 13.2. The normalized spacial score (nSPS) is 14.5. The van der Waals surface area contributed by atoms with Crippen LogP contribution in [0.3, 0.4) is 0 Å². The summed E-state index contributed by atoms with van der Waals surface area (Å²) in [5, 5.41) is 3.15. The van der Waals surface area contributed by atoms with Crippen molar-refractivity contribution in [1.29, 1.82) is 0 Å². The Morgan fingerprint density at radius 3 is 2.06 bits per heavy atom. The van der Waals surface area contributed by atoms with Gasteiger partial charge in [-0.05, 0) is 58.2 Å². The van der Waals surface area contributed by atoms with Crippen LogP contribution in [0.25, 0.3) is 11.1 Å². The first-order valence-electron chi connectivity index (χ1n) is 11.3. The summed E-state index contributed by atoms with van der Waals surface area (Å²) in [5.41, 5.74) is 15.3. The van der Waals surface area contributed by atoms with Gasteiger partial charge in [0.25, 0.3) is 5.91 Å². The maximum Gasteiger partial charge on any atom is 0.255 e. The van der Waals surface area contributed by atoms with E-state index in [1.165, 1.54) is 11.1 Å². The summed E-state index contributed by atoms with van der Waals surface area (Å²) in [7, 11) is 0. The van der Waals surface area contributed by atoms with Gasteiger partial charge in [0.1, 0.15) is 0 Å². The summed E-state index contributed by atoms with van der Waals surface area (Å²) in [6.45, 7) is 9.94. The van der Waals surface area contributed by atoms with E-state index in [0.717, 1.165) is 59.6 Å². The van der Waals surface area contributed by atoms with E-state index in [4.69, 9.17) is 5.73 Å². The molecule has 2 aromatic carbocycles. The molecule has 0 saturated carbocycles. The first kappa shape index (κ1) is 22.0. The molecule has 3 aromatic rings. The standard InChI is InChI=1S/C27H32N4O/c1-17-9-18(2)12-21(11-17)24-15-29-16-25(26(24)31-7-5-23(28)6-8-31)30-27(32)22-13-19(3)10-20(4)14-22/h9-16,23H,5-8,28H2,1-4H3,(H,30,32). The predicted molar refractivity (Wildman–Crippen MR) is 132 cm³/mol. The van der Waals surface area contributed by atoms with Crippen LogP contribution in [0, 0.1) is 27.7 Å². The molecule has 166 valence electrons. The van der Waals surface area contributed by atoms with E-state index in [2.05, 4.69) is 53.3 Å². The van der Waals surface area contributed by atoms with Crippen molar-refractivity contribution in [3.05, 3.63) is 76.6 Å². The Balaban J connectivity index is 1.78. The molecule has 1 aliphatic rings. The summed E-state index contributed by atoms with van der Waals surface area (Å²) in [6, 6.07) is 12.7. The molecular formula is C27H32N4O. The van der Waals surface area contributed by atoms with Gasteiger partial charge in [0.05, 0.1) is 17.6 Å². The summed E-state index contributed by atoms with van der Waals surface area (Å²) >= 11 is 0. The number of hydrogen-bond acceptors (Lipinski definition) is 4. The van der Waals surface area contributed by atoms with Gasteiger partial charge in [-0.3, -0.25) is 9.78 Å². The van der Waals surface area contributed by atoms with Crippen molar-refractivity contribution in [3.63, 3.8) is 0 Å². The number of pyridine rings is 1. The van der Waals surface area contributed by atoms with Gasteiger partial charge in [0, 0.05) is 36.5 Å². The Labute approximate surface area is 190 Å². The molecule has 5 nitrogen and oxygen atoms in total. The summed E-state index contributed by atoms with van der Waals surface area (Å²) in [6.07, 6.45) is 5.53. The molecule has 3 N–H and O–H groups in total. The topological polar surface area (TPSA) is 71.2 Å². The molecule has 0 spiro atoms. The first-order valence-corrected chi connectivity index (χ1v) is 11.3. The van der Waals surface area contributed by atoms with Crippen LogP contribution in [-0.4, -0.2) is 30.0 Å². The van der Waals surface area contributed by atoms with Crippen molar-refractivity contribution in [1.82, 2.24) is 4.98 Å². The van der Waals surface area contributed by atoms with E-state index in [1.54, 1.807) is 6.20 Å². The Bertz CT molecular complexity index is 1110. The lowest BCUT2D eigenvalue weighted by Crippen LogP contribution is -2.40. The Kier molecular flexibility index (Phi) is 6.28. The van der Waals surface area contributed by atoms with E-state index in [-0.39, 0.29) is 11.9 Å². The molecule has 0 aliphatic carbocycles. The fourth-order valence-electron chi connectivity index (χ4n) is 4.65. The summed E-state index contributed by atoms with van der Waals surface area (Å²) in [5.74, 6) is -0.119. The van der Waals surface area contributed by atoms with Crippen LogP contribution < -0.4 is 16.0 Å². The Morgan fingerprint density at radius 1 is 0.906 bits per heavy atom. The molecule has 1 aromatic heterocycles. The largest absolute Gasteiger partial charge is 0.369 e. The van der Waals surface area contributed by atoms with Crippen LogP contribution in [0.5, 0.6) is 0 Å². The van der Waals surface area contributed by atoms with Gasteiger partial charge in [-0.15, -0.1) is 0 Å². The van der Waals surface area contributed by atoms with Crippen LogP contribution in [0.4, 0.5) is 11.4 Å². The second kappa shape index (κ2) is 9.13. The number of nitrogens with one attached hydrogen (secondary N) is 1. The highest BCUT2D eigenvalue weighted by Crippen LogP contribution is 2.38. The molecule has 1 saturated heterocycles. The van der Waals surface area contributed by atoms with E-state index in [1.807, 2.05) is 32.2 Å². The second-order valence-electron chi connectivity index (χ2n) is 9.11. The Hall–Kier alpha value is -3.18. The van der Waals surface area contributed by atoms with E-state index < -0.39 is 0 Å². The highest BCUT2D eigenvalue weighted by Gasteiger charge is 2.24. The molecule has 0 bridgehead atoms. The zero-order valence-electron chi connectivity index (χ0n) is 19.4. The number of carbonyl (C=O) groups excluding carboxylic acids is 1. The minimum atomic E-state index is -0.119. The zero-order valence-corrected chi connectivity index (χ0v) is 19.4. The Morgan fingerprint density at radius 2 is 1.47 bits per heavy atom. The number of benzene rings is 2. The van der Waals surface area contributed by atoms with E-state index in [0.29, 0.717) is 5.56 Å². The third-order valence-electron chi connectivity index (χ3n) is 6.04. The van der Waals surface area contributed by atoms with Crippen LogP contribution in [0.1, 0.15) is 45.5 Å². The first-order chi connectivity index (χ1) is 15.3. The van der Waals surface area contributed by atoms with Crippen LogP contribution in [-0.2, 0) is 0 Å². The molecule has 4 rings (SSSR count). The molecule has 1 aliphatic heterocycles. The van der Waals surface area contributed by atoms with Crippen molar-refractivity contribution in [3.8, 4) is 11.1 Å². The fraction of sp³-hybridized carbons (Fsp3) is 0.333. The summed E-state index contributed by atoms with van der Waals surface area (Å²) < 4.78 is 0. The number of anilines is 2. The number of aromatic nitrogens is 1. The van der Waals surface area contributed by atoms with Crippen LogP contribution in [0.2, 0.25) is 0 Å². The van der Waals surface area contributed by atoms with Crippen molar-refractivity contribution >= 4 is 17.3 Å². The summed E-state index contributed by atoms with van der Waals surface area (Å²) in [4.78, 5) is 20.0. The molecule has 0 unspecified atom stereocenters. The number of aryl methyl sites for hydroxylation is 4. The molecule has 32 heavy (non-hydrogen) atoms. The number of nitrogens with zero attached hydrogens (tertiary/aromatic N) is 2. The van der Waals surface area contributed by atoms with Gasteiger partial charge in [-0.25, -0.2) is 0 Å². The molecule has 1 fully saturated rings. The van der Waals surface area contributed by atoms with Crippen molar-refractivity contribution < 1.29 is 4.79 Å². The average molecular weight is 429 g/mol.